The second kappa shape index (κ2) is 8.76. The zero-order valence-electron chi connectivity index (χ0n) is 14.1. The Morgan fingerprint density at radius 2 is 2.00 bits per heavy atom. The molecule has 0 bridgehead atoms. The first-order valence-corrected chi connectivity index (χ1v) is 7.69. The Labute approximate surface area is 133 Å². The number of ether oxygens (including phenoxy) is 1. The van der Waals surface area contributed by atoms with Crippen molar-refractivity contribution < 1.29 is 14.6 Å². The van der Waals surface area contributed by atoms with Gasteiger partial charge in [-0.2, -0.15) is 0 Å². The van der Waals surface area contributed by atoms with E-state index >= 15 is 0 Å². The van der Waals surface area contributed by atoms with Crippen molar-refractivity contribution in [2.45, 2.75) is 46.2 Å². The van der Waals surface area contributed by atoms with Crippen LogP contribution in [0.1, 0.15) is 45.7 Å². The number of aliphatic hydroxyl groups is 1. The van der Waals surface area contributed by atoms with E-state index in [2.05, 4.69) is 24.5 Å². The van der Waals surface area contributed by atoms with Crippen molar-refractivity contribution in [3.8, 4) is 5.75 Å². The van der Waals surface area contributed by atoms with Gasteiger partial charge in [0, 0.05) is 19.0 Å². The van der Waals surface area contributed by atoms with Gasteiger partial charge in [-0.15, -0.1) is 0 Å². The summed E-state index contributed by atoms with van der Waals surface area (Å²) in [5.41, 5.74) is 1.69. The summed E-state index contributed by atoms with van der Waals surface area (Å²) in [4.78, 5) is 11.3. The van der Waals surface area contributed by atoms with Gasteiger partial charge in [0.25, 0.3) is 0 Å². The smallest absolute Gasteiger partial charge is 0.221 e. The fourth-order valence-corrected chi connectivity index (χ4v) is 2.50. The number of benzene rings is 1. The van der Waals surface area contributed by atoms with Crippen molar-refractivity contribution in [3.05, 3.63) is 23.8 Å². The number of hydrogen-bond acceptors (Lipinski definition) is 4. The number of methoxy groups -OCH3 is 1. The standard InChI is InChI=1S/C17H28N2O3/c1-11(2)8-15(10-20)18-12(3)14-6-7-17(22-5)16(9-14)19-13(4)21/h6-7,9,11-12,15,18,20H,8,10H2,1-5H3,(H,19,21). The van der Waals surface area contributed by atoms with Gasteiger partial charge in [0.1, 0.15) is 5.75 Å². The molecule has 124 valence electrons. The zero-order valence-corrected chi connectivity index (χ0v) is 14.1. The molecule has 5 nitrogen and oxygen atoms in total. The van der Waals surface area contributed by atoms with Gasteiger partial charge in [0.05, 0.1) is 19.4 Å². The summed E-state index contributed by atoms with van der Waals surface area (Å²) in [7, 11) is 1.58. The van der Waals surface area contributed by atoms with Crippen LogP contribution >= 0.6 is 0 Å². The van der Waals surface area contributed by atoms with Crippen molar-refractivity contribution in [1.29, 1.82) is 0 Å². The molecule has 0 aliphatic heterocycles. The largest absolute Gasteiger partial charge is 0.495 e. The minimum absolute atomic E-state index is 0.0568. The molecule has 0 aromatic heterocycles. The van der Waals surface area contributed by atoms with Crippen molar-refractivity contribution in [3.63, 3.8) is 0 Å². The fourth-order valence-electron chi connectivity index (χ4n) is 2.50. The lowest BCUT2D eigenvalue weighted by atomic mass is 10.0. The first kappa shape index (κ1) is 18.5. The summed E-state index contributed by atoms with van der Waals surface area (Å²) in [6.07, 6.45) is 0.912. The monoisotopic (exact) mass is 308 g/mol. The summed E-state index contributed by atoms with van der Waals surface area (Å²) < 4.78 is 5.26. The van der Waals surface area contributed by atoms with E-state index in [0.29, 0.717) is 17.4 Å². The Hall–Kier alpha value is -1.59. The van der Waals surface area contributed by atoms with Gasteiger partial charge >= 0.3 is 0 Å². The highest BCUT2D eigenvalue weighted by molar-refractivity contribution is 5.90. The summed E-state index contributed by atoms with van der Waals surface area (Å²) in [5, 5.41) is 15.7. The van der Waals surface area contributed by atoms with Crippen LogP contribution in [0.5, 0.6) is 5.75 Å². The van der Waals surface area contributed by atoms with Gasteiger partial charge in [-0.1, -0.05) is 19.9 Å². The van der Waals surface area contributed by atoms with Crippen LogP contribution in [0.2, 0.25) is 0 Å². The number of anilines is 1. The van der Waals surface area contributed by atoms with E-state index < -0.39 is 0 Å². The number of nitrogens with one attached hydrogen (secondary N) is 2. The molecule has 22 heavy (non-hydrogen) atoms. The lowest BCUT2D eigenvalue weighted by Gasteiger charge is -2.24. The van der Waals surface area contributed by atoms with Gasteiger partial charge < -0.3 is 20.5 Å². The minimum atomic E-state index is -0.135. The summed E-state index contributed by atoms with van der Waals surface area (Å²) >= 11 is 0. The van der Waals surface area contributed by atoms with E-state index in [0.717, 1.165) is 12.0 Å². The van der Waals surface area contributed by atoms with E-state index in [-0.39, 0.29) is 24.6 Å². The Morgan fingerprint density at radius 3 is 2.50 bits per heavy atom. The summed E-state index contributed by atoms with van der Waals surface area (Å²) in [5.74, 6) is 1.01. The van der Waals surface area contributed by atoms with Gasteiger partial charge in [0.2, 0.25) is 5.91 Å². The molecular weight excluding hydrogens is 280 g/mol. The number of rotatable bonds is 8. The van der Waals surface area contributed by atoms with E-state index in [9.17, 15) is 9.90 Å². The maximum absolute atomic E-state index is 11.3. The zero-order chi connectivity index (χ0) is 16.7. The Morgan fingerprint density at radius 1 is 1.32 bits per heavy atom. The van der Waals surface area contributed by atoms with Crippen LogP contribution in [0.15, 0.2) is 18.2 Å². The fraction of sp³-hybridized carbons (Fsp3) is 0.588. The molecule has 0 aliphatic carbocycles. The molecule has 1 aromatic carbocycles. The Bertz CT molecular complexity index is 489. The van der Waals surface area contributed by atoms with Crippen LogP contribution < -0.4 is 15.4 Å². The van der Waals surface area contributed by atoms with Crippen molar-refractivity contribution in [2.24, 2.45) is 5.92 Å². The van der Waals surface area contributed by atoms with E-state index in [1.165, 1.54) is 6.92 Å². The van der Waals surface area contributed by atoms with Gasteiger partial charge in [-0.25, -0.2) is 0 Å². The number of carbonyl (C=O) groups is 1. The highest BCUT2D eigenvalue weighted by Crippen LogP contribution is 2.28. The highest BCUT2D eigenvalue weighted by Gasteiger charge is 2.15. The number of carbonyl (C=O) groups excluding carboxylic acids is 1. The molecule has 5 heteroatoms. The number of amides is 1. The summed E-state index contributed by atoms with van der Waals surface area (Å²) in [6.45, 7) is 7.90. The summed E-state index contributed by atoms with van der Waals surface area (Å²) in [6, 6.07) is 5.83. The third-order valence-corrected chi connectivity index (χ3v) is 3.50. The van der Waals surface area contributed by atoms with E-state index in [1.807, 2.05) is 25.1 Å². The second-order valence-corrected chi connectivity index (χ2v) is 6.04. The topological polar surface area (TPSA) is 70.6 Å². The maximum atomic E-state index is 11.3. The van der Waals surface area contributed by atoms with E-state index in [1.54, 1.807) is 7.11 Å². The van der Waals surface area contributed by atoms with Crippen molar-refractivity contribution >= 4 is 11.6 Å². The molecule has 0 heterocycles. The van der Waals surface area contributed by atoms with Crippen LogP contribution in [0.25, 0.3) is 0 Å². The van der Waals surface area contributed by atoms with Crippen molar-refractivity contribution in [2.75, 3.05) is 19.0 Å². The van der Waals surface area contributed by atoms with Gasteiger partial charge in [-0.05, 0) is 37.0 Å². The van der Waals surface area contributed by atoms with Gasteiger partial charge in [-0.3, -0.25) is 4.79 Å². The number of hydrogen-bond donors (Lipinski definition) is 3. The molecule has 0 saturated heterocycles. The molecular formula is C17H28N2O3. The molecule has 2 unspecified atom stereocenters. The lowest BCUT2D eigenvalue weighted by molar-refractivity contribution is -0.114. The molecule has 2 atom stereocenters. The molecule has 1 amide bonds. The molecule has 0 spiro atoms. The molecule has 1 aromatic rings. The Kier molecular flexibility index (Phi) is 7.35. The first-order chi connectivity index (χ1) is 10.4. The van der Waals surface area contributed by atoms with Crippen molar-refractivity contribution in [1.82, 2.24) is 5.32 Å². The normalized spacial score (nSPS) is 13.8. The van der Waals surface area contributed by atoms with Gasteiger partial charge in [0.15, 0.2) is 0 Å². The van der Waals surface area contributed by atoms with Crippen LogP contribution in [0, 0.1) is 5.92 Å². The quantitative estimate of drug-likeness (QED) is 0.690. The average Bonchev–Trinajstić information content (AvgIpc) is 2.45. The SMILES string of the molecule is COc1ccc(C(C)NC(CO)CC(C)C)cc1NC(C)=O. The van der Waals surface area contributed by atoms with Crippen LogP contribution in [-0.2, 0) is 4.79 Å². The second-order valence-electron chi connectivity index (χ2n) is 6.04. The Balaban J connectivity index is 2.88. The van der Waals surface area contributed by atoms with E-state index in [4.69, 9.17) is 4.74 Å². The molecule has 0 saturated carbocycles. The average molecular weight is 308 g/mol. The molecule has 0 aliphatic rings. The highest BCUT2D eigenvalue weighted by atomic mass is 16.5. The van der Waals surface area contributed by atoms with Crippen LogP contribution in [0.3, 0.4) is 0 Å². The van der Waals surface area contributed by atoms with Crippen LogP contribution in [-0.4, -0.2) is 30.8 Å². The first-order valence-electron chi connectivity index (χ1n) is 7.69. The molecule has 0 fully saturated rings. The lowest BCUT2D eigenvalue weighted by Crippen LogP contribution is -2.35. The third-order valence-electron chi connectivity index (χ3n) is 3.50. The molecule has 3 N–H and O–H groups in total. The molecule has 1 rings (SSSR count). The maximum Gasteiger partial charge on any atom is 0.221 e. The number of aliphatic hydroxyl groups excluding tert-OH is 1. The third kappa shape index (κ3) is 5.66. The van der Waals surface area contributed by atoms with Crippen LogP contribution in [0.4, 0.5) is 5.69 Å². The predicted molar refractivity (Wildman–Crippen MR) is 89.2 cm³/mol. The molecule has 0 radical (unpaired) electrons. The predicted octanol–water partition coefficient (Wildman–Crippen LogP) is 2.71. The minimum Gasteiger partial charge on any atom is -0.495 e.